The van der Waals surface area contributed by atoms with Gasteiger partial charge in [-0.25, -0.2) is 0 Å². The van der Waals surface area contributed by atoms with Crippen LogP contribution in [0.2, 0.25) is 0 Å². The van der Waals surface area contributed by atoms with Gasteiger partial charge < -0.3 is 4.90 Å². The lowest BCUT2D eigenvalue weighted by Gasteiger charge is -2.19. The Bertz CT molecular complexity index is 362. The highest BCUT2D eigenvalue weighted by molar-refractivity contribution is 7.98. The zero-order chi connectivity index (χ0) is 12.8. The molecular formula is C13H20N2OS. The predicted octanol–water partition coefficient (Wildman–Crippen LogP) is 1.93. The molecule has 1 aromatic rings. The number of rotatable bonds is 5. The SMILES string of the molecule is CSc1ccc(CN(C)CC(=O)N(C)C)cc1. The summed E-state index contributed by atoms with van der Waals surface area (Å²) >= 11 is 1.74. The van der Waals surface area contributed by atoms with Gasteiger partial charge in [-0.15, -0.1) is 11.8 Å². The first-order valence-electron chi connectivity index (χ1n) is 5.54. The lowest BCUT2D eigenvalue weighted by Crippen LogP contribution is -2.34. The van der Waals surface area contributed by atoms with Crippen LogP contribution in [0.25, 0.3) is 0 Å². The normalized spacial score (nSPS) is 10.6. The van der Waals surface area contributed by atoms with Crippen molar-refractivity contribution in [2.24, 2.45) is 0 Å². The zero-order valence-corrected chi connectivity index (χ0v) is 11.8. The highest BCUT2D eigenvalue weighted by atomic mass is 32.2. The molecule has 0 heterocycles. The molecule has 1 rings (SSSR count). The molecule has 94 valence electrons. The fraction of sp³-hybridized carbons (Fsp3) is 0.462. The smallest absolute Gasteiger partial charge is 0.236 e. The van der Waals surface area contributed by atoms with Crippen LogP contribution in [0.3, 0.4) is 0 Å². The van der Waals surface area contributed by atoms with Crippen LogP contribution >= 0.6 is 11.8 Å². The quantitative estimate of drug-likeness (QED) is 0.748. The second-order valence-electron chi connectivity index (χ2n) is 4.31. The van der Waals surface area contributed by atoms with Crippen LogP contribution in [0.4, 0.5) is 0 Å². The second-order valence-corrected chi connectivity index (χ2v) is 5.19. The molecular weight excluding hydrogens is 232 g/mol. The van der Waals surface area contributed by atoms with E-state index in [-0.39, 0.29) is 5.91 Å². The van der Waals surface area contributed by atoms with E-state index in [1.165, 1.54) is 10.5 Å². The van der Waals surface area contributed by atoms with E-state index in [1.807, 2.05) is 11.9 Å². The van der Waals surface area contributed by atoms with Crippen LogP contribution in [-0.2, 0) is 11.3 Å². The molecule has 0 spiro atoms. The van der Waals surface area contributed by atoms with Gasteiger partial charge in [0.1, 0.15) is 0 Å². The fourth-order valence-corrected chi connectivity index (χ4v) is 1.88. The summed E-state index contributed by atoms with van der Waals surface area (Å²) in [6.07, 6.45) is 2.07. The van der Waals surface area contributed by atoms with Crippen molar-refractivity contribution in [2.45, 2.75) is 11.4 Å². The van der Waals surface area contributed by atoms with E-state index < -0.39 is 0 Å². The lowest BCUT2D eigenvalue weighted by atomic mass is 10.2. The number of hydrogen-bond acceptors (Lipinski definition) is 3. The number of likely N-dealkylation sites (N-methyl/N-ethyl adjacent to an activating group) is 2. The molecule has 0 saturated carbocycles. The van der Waals surface area contributed by atoms with E-state index >= 15 is 0 Å². The maximum atomic E-state index is 11.5. The minimum atomic E-state index is 0.133. The highest BCUT2D eigenvalue weighted by Crippen LogP contribution is 2.15. The number of amides is 1. The first kappa shape index (κ1) is 14.1. The van der Waals surface area contributed by atoms with Gasteiger partial charge in [0.05, 0.1) is 6.54 Å². The summed E-state index contributed by atoms with van der Waals surface area (Å²) in [6, 6.07) is 8.45. The van der Waals surface area contributed by atoms with Crippen molar-refractivity contribution < 1.29 is 4.79 Å². The molecule has 0 aliphatic heterocycles. The van der Waals surface area contributed by atoms with Gasteiger partial charge in [-0.2, -0.15) is 0 Å². The highest BCUT2D eigenvalue weighted by Gasteiger charge is 2.08. The summed E-state index contributed by atoms with van der Waals surface area (Å²) in [4.78, 5) is 16.4. The largest absolute Gasteiger partial charge is 0.348 e. The monoisotopic (exact) mass is 252 g/mol. The molecule has 0 saturated heterocycles. The van der Waals surface area contributed by atoms with Crippen LogP contribution in [0.15, 0.2) is 29.2 Å². The molecule has 0 unspecified atom stereocenters. The van der Waals surface area contributed by atoms with Crippen molar-refractivity contribution in [3.63, 3.8) is 0 Å². The lowest BCUT2D eigenvalue weighted by molar-refractivity contribution is -0.129. The summed E-state index contributed by atoms with van der Waals surface area (Å²) in [5, 5.41) is 0. The molecule has 17 heavy (non-hydrogen) atoms. The molecule has 0 aliphatic carbocycles. The van der Waals surface area contributed by atoms with Crippen molar-refractivity contribution in [2.75, 3.05) is 33.9 Å². The van der Waals surface area contributed by atoms with Crippen LogP contribution < -0.4 is 0 Å². The zero-order valence-electron chi connectivity index (χ0n) is 10.9. The van der Waals surface area contributed by atoms with Crippen molar-refractivity contribution in [1.82, 2.24) is 9.80 Å². The number of nitrogens with zero attached hydrogens (tertiary/aromatic N) is 2. The third kappa shape index (κ3) is 4.79. The summed E-state index contributed by atoms with van der Waals surface area (Å²) in [5.41, 5.74) is 1.23. The average Bonchev–Trinajstić information content (AvgIpc) is 2.29. The Kier molecular flexibility index (Phi) is 5.51. The van der Waals surface area contributed by atoms with Gasteiger partial charge in [-0.05, 0) is 31.0 Å². The molecule has 0 fully saturated rings. The molecule has 0 bridgehead atoms. The van der Waals surface area contributed by atoms with Crippen molar-refractivity contribution >= 4 is 17.7 Å². The maximum absolute atomic E-state index is 11.5. The standard InChI is InChI=1S/C13H20N2OS/c1-14(2)13(16)10-15(3)9-11-5-7-12(17-4)8-6-11/h5-8H,9-10H2,1-4H3. The Morgan fingerprint density at radius 3 is 2.24 bits per heavy atom. The maximum Gasteiger partial charge on any atom is 0.236 e. The van der Waals surface area contributed by atoms with Crippen molar-refractivity contribution in [3.05, 3.63) is 29.8 Å². The van der Waals surface area contributed by atoms with Gasteiger partial charge in [-0.3, -0.25) is 9.69 Å². The number of carbonyl (C=O) groups is 1. The number of thioether (sulfide) groups is 1. The van der Waals surface area contributed by atoms with Gasteiger partial charge >= 0.3 is 0 Å². The summed E-state index contributed by atoms with van der Waals surface area (Å²) in [7, 11) is 5.52. The van der Waals surface area contributed by atoms with Gasteiger partial charge in [-0.1, -0.05) is 12.1 Å². The van der Waals surface area contributed by atoms with Gasteiger partial charge in [0.15, 0.2) is 0 Å². The second kappa shape index (κ2) is 6.67. The Labute approximate surface area is 108 Å². The van der Waals surface area contributed by atoms with Crippen molar-refractivity contribution in [3.8, 4) is 0 Å². The first-order valence-corrected chi connectivity index (χ1v) is 6.77. The van der Waals surface area contributed by atoms with E-state index in [0.717, 1.165) is 6.54 Å². The molecule has 0 atom stereocenters. The summed E-state index contributed by atoms with van der Waals surface area (Å²) < 4.78 is 0. The van der Waals surface area contributed by atoms with Gasteiger partial charge in [0.25, 0.3) is 0 Å². The molecule has 1 aromatic carbocycles. The van der Waals surface area contributed by atoms with E-state index in [4.69, 9.17) is 0 Å². The van der Waals surface area contributed by atoms with E-state index in [1.54, 1.807) is 30.8 Å². The van der Waals surface area contributed by atoms with Gasteiger partial charge in [0, 0.05) is 25.5 Å². The number of benzene rings is 1. The number of hydrogen-bond donors (Lipinski definition) is 0. The minimum absolute atomic E-state index is 0.133. The Balaban J connectivity index is 2.50. The topological polar surface area (TPSA) is 23.6 Å². The molecule has 4 heteroatoms. The summed E-state index contributed by atoms with van der Waals surface area (Å²) in [5.74, 6) is 0.133. The minimum Gasteiger partial charge on any atom is -0.348 e. The molecule has 0 radical (unpaired) electrons. The third-order valence-electron chi connectivity index (χ3n) is 2.52. The molecule has 3 nitrogen and oxygen atoms in total. The third-order valence-corrected chi connectivity index (χ3v) is 3.26. The van der Waals surface area contributed by atoms with E-state index in [0.29, 0.717) is 6.54 Å². The van der Waals surface area contributed by atoms with Crippen LogP contribution in [0.1, 0.15) is 5.56 Å². The molecule has 0 N–H and O–H groups in total. The van der Waals surface area contributed by atoms with Crippen molar-refractivity contribution in [1.29, 1.82) is 0 Å². The van der Waals surface area contributed by atoms with Crippen LogP contribution in [0.5, 0.6) is 0 Å². The Morgan fingerprint density at radius 2 is 1.76 bits per heavy atom. The predicted molar refractivity (Wildman–Crippen MR) is 73.3 cm³/mol. The fourth-order valence-electron chi connectivity index (χ4n) is 1.47. The Morgan fingerprint density at radius 1 is 1.18 bits per heavy atom. The van der Waals surface area contributed by atoms with Crippen LogP contribution in [0, 0.1) is 0 Å². The molecule has 0 aromatic heterocycles. The van der Waals surface area contributed by atoms with Crippen LogP contribution in [-0.4, -0.2) is 49.7 Å². The van der Waals surface area contributed by atoms with E-state index in [9.17, 15) is 4.79 Å². The first-order chi connectivity index (χ1) is 8.02. The molecule has 1 amide bonds. The molecule has 0 aliphatic rings. The average molecular weight is 252 g/mol. The Hall–Kier alpha value is -1.00. The van der Waals surface area contributed by atoms with E-state index in [2.05, 4.69) is 30.5 Å². The summed E-state index contributed by atoms with van der Waals surface area (Å²) in [6.45, 7) is 1.26. The number of carbonyl (C=O) groups excluding carboxylic acids is 1. The van der Waals surface area contributed by atoms with Gasteiger partial charge in [0.2, 0.25) is 5.91 Å².